The number of carbonyl (C=O) groups excluding carboxylic acids is 2. The van der Waals surface area contributed by atoms with E-state index in [4.69, 9.17) is 15.2 Å². The van der Waals surface area contributed by atoms with Crippen molar-refractivity contribution in [2.45, 2.75) is 0 Å². The van der Waals surface area contributed by atoms with Gasteiger partial charge in [-0.3, -0.25) is 9.59 Å². The molecular formula is C14H21N3O4. The molecule has 0 heterocycles. The first-order valence-corrected chi connectivity index (χ1v) is 6.54. The van der Waals surface area contributed by atoms with Gasteiger partial charge in [0.25, 0.3) is 0 Å². The van der Waals surface area contributed by atoms with Crippen molar-refractivity contribution in [3.8, 4) is 11.5 Å². The Bertz CT molecular complexity index is 462. The number of nitrogens with one attached hydrogen (secondary N) is 1. The molecule has 0 spiro atoms. The van der Waals surface area contributed by atoms with Gasteiger partial charge >= 0.3 is 0 Å². The Kier molecular flexibility index (Phi) is 7.03. The highest BCUT2D eigenvalue weighted by Gasteiger charge is 2.09. The number of nitrogens with zero attached hydrogens (tertiary/aromatic N) is 1. The molecule has 1 aromatic carbocycles. The Morgan fingerprint density at radius 1 is 1.24 bits per heavy atom. The second-order valence-electron chi connectivity index (χ2n) is 4.32. The van der Waals surface area contributed by atoms with Gasteiger partial charge in [-0.2, -0.15) is 0 Å². The summed E-state index contributed by atoms with van der Waals surface area (Å²) < 4.78 is 10.6. The lowest BCUT2D eigenvalue weighted by Crippen LogP contribution is -2.41. The average Bonchev–Trinajstić information content (AvgIpc) is 2.52. The summed E-state index contributed by atoms with van der Waals surface area (Å²) in [6, 6.07) is 7.18. The van der Waals surface area contributed by atoms with Crippen molar-refractivity contribution in [1.82, 2.24) is 10.2 Å². The molecule has 0 atom stereocenters. The van der Waals surface area contributed by atoms with Gasteiger partial charge in [-0.05, 0) is 24.3 Å². The molecule has 0 saturated heterocycles. The van der Waals surface area contributed by atoms with E-state index in [9.17, 15) is 9.59 Å². The van der Waals surface area contributed by atoms with E-state index >= 15 is 0 Å². The fraction of sp³-hybridized carbons (Fsp3) is 0.429. The molecule has 0 aliphatic rings. The van der Waals surface area contributed by atoms with Crippen molar-refractivity contribution in [1.29, 1.82) is 0 Å². The van der Waals surface area contributed by atoms with Crippen LogP contribution in [0.4, 0.5) is 0 Å². The van der Waals surface area contributed by atoms with Crippen LogP contribution in [0.25, 0.3) is 0 Å². The van der Waals surface area contributed by atoms with Crippen molar-refractivity contribution in [3.63, 3.8) is 0 Å². The maximum absolute atomic E-state index is 11.7. The summed E-state index contributed by atoms with van der Waals surface area (Å²) in [6.07, 6.45) is 0. The zero-order valence-electron chi connectivity index (χ0n) is 12.3. The summed E-state index contributed by atoms with van der Waals surface area (Å²) in [5, 5.41) is 2.42. The number of likely N-dealkylation sites (N-methyl/N-ethyl adjacent to an activating group) is 1. The second-order valence-corrected chi connectivity index (χ2v) is 4.32. The highest BCUT2D eigenvalue weighted by atomic mass is 16.5. The molecule has 116 valence electrons. The van der Waals surface area contributed by atoms with Crippen molar-refractivity contribution in [2.24, 2.45) is 5.73 Å². The average molecular weight is 295 g/mol. The molecule has 0 unspecified atom stereocenters. The Morgan fingerprint density at radius 2 is 1.86 bits per heavy atom. The van der Waals surface area contributed by atoms with Gasteiger partial charge in [-0.1, -0.05) is 0 Å². The quantitative estimate of drug-likeness (QED) is 0.681. The SMILES string of the molecule is COc1ccc(OCCN(C)C(=O)CNC(=O)CN)cc1. The van der Waals surface area contributed by atoms with Crippen LogP contribution < -0.4 is 20.5 Å². The zero-order chi connectivity index (χ0) is 15.7. The molecule has 0 saturated carbocycles. The minimum atomic E-state index is -0.355. The lowest BCUT2D eigenvalue weighted by Gasteiger charge is -2.17. The Balaban J connectivity index is 2.27. The summed E-state index contributed by atoms with van der Waals surface area (Å²) in [7, 11) is 3.24. The maximum Gasteiger partial charge on any atom is 0.241 e. The Labute approximate surface area is 124 Å². The predicted molar refractivity (Wildman–Crippen MR) is 78.2 cm³/mol. The maximum atomic E-state index is 11.7. The molecule has 0 aromatic heterocycles. The van der Waals surface area contributed by atoms with E-state index in [1.807, 2.05) is 0 Å². The van der Waals surface area contributed by atoms with E-state index in [2.05, 4.69) is 5.32 Å². The van der Waals surface area contributed by atoms with Crippen molar-refractivity contribution >= 4 is 11.8 Å². The molecule has 1 aromatic rings. The van der Waals surface area contributed by atoms with Crippen LogP contribution in [0.5, 0.6) is 11.5 Å². The van der Waals surface area contributed by atoms with E-state index in [-0.39, 0.29) is 24.9 Å². The molecule has 0 fully saturated rings. The fourth-order valence-corrected chi connectivity index (χ4v) is 1.48. The first-order chi connectivity index (χ1) is 10.1. The molecule has 1 rings (SSSR count). The van der Waals surface area contributed by atoms with Gasteiger partial charge in [0.2, 0.25) is 11.8 Å². The van der Waals surface area contributed by atoms with Gasteiger partial charge in [0.1, 0.15) is 18.1 Å². The van der Waals surface area contributed by atoms with E-state index in [0.29, 0.717) is 18.9 Å². The normalized spacial score (nSPS) is 9.86. The van der Waals surface area contributed by atoms with Gasteiger partial charge in [0, 0.05) is 7.05 Å². The second kappa shape index (κ2) is 8.80. The number of carbonyl (C=O) groups is 2. The van der Waals surface area contributed by atoms with Crippen LogP contribution in [0.1, 0.15) is 0 Å². The predicted octanol–water partition coefficient (Wildman–Crippen LogP) is -0.393. The number of amides is 2. The number of benzene rings is 1. The van der Waals surface area contributed by atoms with Crippen molar-refractivity contribution < 1.29 is 19.1 Å². The van der Waals surface area contributed by atoms with Crippen LogP contribution in [-0.2, 0) is 9.59 Å². The number of nitrogens with two attached hydrogens (primary N) is 1. The van der Waals surface area contributed by atoms with E-state index in [0.717, 1.165) is 5.75 Å². The summed E-state index contributed by atoms with van der Waals surface area (Å²) in [5.74, 6) is 0.903. The highest BCUT2D eigenvalue weighted by molar-refractivity contribution is 5.85. The summed E-state index contributed by atoms with van der Waals surface area (Å²) in [4.78, 5) is 24.1. The first-order valence-electron chi connectivity index (χ1n) is 6.54. The van der Waals surface area contributed by atoms with Crippen molar-refractivity contribution in [3.05, 3.63) is 24.3 Å². The molecule has 0 bridgehead atoms. The zero-order valence-corrected chi connectivity index (χ0v) is 12.3. The van der Waals surface area contributed by atoms with Gasteiger partial charge in [0.15, 0.2) is 0 Å². The molecule has 7 heteroatoms. The third-order valence-corrected chi connectivity index (χ3v) is 2.80. The molecule has 21 heavy (non-hydrogen) atoms. The Hall–Kier alpha value is -2.28. The third kappa shape index (κ3) is 6.13. The van der Waals surface area contributed by atoms with E-state index in [1.54, 1.807) is 38.4 Å². The van der Waals surface area contributed by atoms with Gasteiger partial charge < -0.3 is 25.4 Å². The van der Waals surface area contributed by atoms with E-state index < -0.39 is 0 Å². The van der Waals surface area contributed by atoms with Gasteiger partial charge in [0.05, 0.1) is 26.7 Å². The van der Waals surface area contributed by atoms with Crippen LogP contribution in [0, 0.1) is 0 Å². The lowest BCUT2D eigenvalue weighted by molar-refractivity contribution is -0.131. The molecule has 0 aliphatic carbocycles. The standard InChI is InChI=1S/C14H21N3O4/c1-17(14(19)10-16-13(18)9-15)7-8-21-12-5-3-11(20-2)4-6-12/h3-6H,7-10,15H2,1-2H3,(H,16,18). The monoisotopic (exact) mass is 295 g/mol. The Morgan fingerprint density at radius 3 is 2.43 bits per heavy atom. The van der Waals surface area contributed by atoms with Crippen LogP contribution in [0.2, 0.25) is 0 Å². The highest BCUT2D eigenvalue weighted by Crippen LogP contribution is 2.16. The van der Waals surface area contributed by atoms with Gasteiger partial charge in [-0.25, -0.2) is 0 Å². The number of hydrogen-bond donors (Lipinski definition) is 2. The largest absolute Gasteiger partial charge is 0.497 e. The molecule has 2 amide bonds. The molecule has 0 aliphatic heterocycles. The van der Waals surface area contributed by atoms with Crippen LogP contribution in [0.3, 0.4) is 0 Å². The van der Waals surface area contributed by atoms with Crippen LogP contribution in [-0.4, -0.2) is 57.1 Å². The third-order valence-electron chi connectivity index (χ3n) is 2.80. The van der Waals surface area contributed by atoms with Crippen LogP contribution in [0.15, 0.2) is 24.3 Å². The van der Waals surface area contributed by atoms with Crippen LogP contribution >= 0.6 is 0 Å². The minimum Gasteiger partial charge on any atom is -0.497 e. The van der Waals surface area contributed by atoms with Crippen molar-refractivity contribution in [2.75, 3.05) is 40.4 Å². The minimum absolute atomic E-state index is 0.0604. The number of hydrogen-bond acceptors (Lipinski definition) is 5. The molecular weight excluding hydrogens is 274 g/mol. The summed E-state index contributed by atoms with van der Waals surface area (Å²) >= 11 is 0. The molecule has 3 N–H and O–H groups in total. The lowest BCUT2D eigenvalue weighted by atomic mass is 10.3. The number of ether oxygens (including phenoxy) is 2. The van der Waals surface area contributed by atoms with Gasteiger partial charge in [-0.15, -0.1) is 0 Å². The first kappa shape index (κ1) is 16.8. The topological polar surface area (TPSA) is 93.9 Å². The smallest absolute Gasteiger partial charge is 0.241 e. The molecule has 7 nitrogen and oxygen atoms in total. The molecule has 0 radical (unpaired) electrons. The fourth-order valence-electron chi connectivity index (χ4n) is 1.48. The summed E-state index contributed by atoms with van der Waals surface area (Å²) in [5.41, 5.74) is 5.13. The summed E-state index contributed by atoms with van der Waals surface area (Å²) in [6.45, 7) is 0.593. The number of rotatable bonds is 8. The van der Waals surface area contributed by atoms with E-state index in [1.165, 1.54) is 4.90 Å². The number of methoxy groups -OCH3 is 1.